The van der Waals surface area contributed by atoms with Gasteiger partial charge in [-0.3, -0.25) is 14.5 Å². The van der Waals surface area contributed by atoms with E-state index < -0.39 is 0 Å². The van der Waals surface area contributed by atoms with Crippen molar-refractivity contribution in [1.82, 2.24) is 24.8 Å². The van der Waals surface area contributed by atoms with E-state index in [2.05, 4.69) is 33.7 Å². The zero-order valence-corrected chi connectivity index (χ0v) is 18.7. The van der Waals surface area contributed by atoms with E-state index in [9.17, 15) is 4.79 Å². The lowest BCUT2D eigenvalue weighted by Crippen LogP contribution is -2.24. The molecule has 3 rings (SSSR count). The first-order valence-electron chi connectivity index (χ1n) is 10.5. The molecule has 2 aromatic heterocycles. The van der Waals surface area contributed by atoms with Gasteiger partial charge in [0.25, 0.3) is 0 Å². The largest absolute Gasteiger partial charge is 0.494 e. The van der Waals surface area contributed by atoms with E-state index >= 15 is 0 Å². The fourth-order valence-electron chi connectivity index (χ4n) is 3.01. The van der Waals surface area contributed by atoms with Gasteiger partial charge in [-0.1, -0.05) is 37.3 Å². The van der Waals surface area contributed by atoms with E-state index in [0.29, 0.717) is 29.3 Å². The zero-order valence-electron chi connectivity index (χ0n) is 18.7. The van der Waals surface area contributed by atoms with Gasteiger partial charge in [-0.15, -0.1) is 0 Å². The molecule has 2 aromatic rings. The van der Waals surface area contributed by atoms with Gasteiger partial charge in [-0.25, -0.2) is 9.97 Å². The number of hydrazone groups is 1. The number of rotatable bonds is 9. The van der Waals surface area contributed by atoms with Crippen LogP contribution >= 0.6 is 0 Å². The van der Waals surface area contributed by atoms with Crippen molar-refractivity contribution in [2.45, 2.75) is 32.7 Å². The summed E-state index contributed by atoms with van der Waals surface area (Å²) in [5.41, 5.74) is 2.08. The maximum Gasteiger partial charge on any atom is 0.203 e. The molecule has 166 valence electrons. The number of aromatic nitrogens is 4. The highest BCUT2D eigenvalue weighted by Gasteiger charge is 2.12. The number of nitrogens with zero attached hydrogens (tertiary/aromatic N) is 6. The van der Waals surface area contributed by atoms with Crippen molar-refractivity contribution in [2.24, 2.45) is 5.10 Å². The van der Waals surface area contributed by atoms with Crippen LogP contribution in [0.5, 0.6) is 5.75 Å². The Morgan fingerprint density at radius 1 is 1.31 bits per heavy atom. The van der Waals surface area contributed by atoms with E-state index in [4.69, 9.17) is 4.74 Å². The van der Waals surface area contributed by atoms with Gasteiger partial charge < -0.3 is 4.74 Å². The Morgan fingerprint density at radius 2 is 2.09 bits per heavy atom. The standard InChI is InChI=1S/C24H28N6O2/c1-5-11-29-12-9-20(15-27-29)30-13-10-23(31)22(28-30)14-18(2)7-6-8-19(3)24-25-16-21(32-4)17-26-24/h6-10,12-13,15-17,20H,3,5,11,14H2,1-2,4H3/b8-6-,18-7+. The monoisotopic (exact) mass is 432 g/mol. The molecule has 0 spiro atoms. The van der Waals surface area contributed by atoms with E-state index in [1.54, 1.807) is 36.4 Å². The third kappa shape index (κ3) is 6.10. The molecule has 0 aromatic carbocycles. The molecule has 1 aliphatic rings. The Kier molecular flexibility index (Phi) is 7.85. The topological polar surface area (TPSA) is 85.5 Å². The van der Waals surface area contributed by atoms with Crippen LogP contribution in [0.1, 0.15) is 37.8 Å². The predicted octanol–water partition coefficient (Wildman–Crippen LogP) is 3.57. The average molecular weight is 433 g/mol. The summed E-state index contributed by atoms with van der Waals surface area (Å²) in [6.07, 6.45) is 17.8. The van der Waals surface area contributed by atoms with Gasteiger partial charge in [-0.2, -0.15) is 10.2 Å². The number of hydrogen-bond donors (Lipinski definition) is 0. The molecule has 8 nitrogen and oxygen atoms in total. The summed E-state index contributed by atoms with van der Waals surface area (Å²) in [6.45, 7) is 8.93. The average Bonchev–Trinajstić information content (AvgIpc) is 2.81. The van der Waals surface area contributed by atoms with E-state index in [1.165, 1.54) is 0 Å². The molecular formula is C24H28N6O2. The minimum absolute atomic E-state index is 0.0849. The minimum atomic E-state index is -0.112. The molecule has 3 heterocycles. The summed E-state index contributed by atoms with van der Waals surface area (Å²) in [5.74, 6) is 1.12. The van der Waals surface area contributed by atoms with Crippen molar-refractivity contribution >= 4 is 11.8 Å². The van der Waals surface area contributed by atoms with E-state index in [1.807, 2.05) is 48.7 Å². The third-order valence-electron chi connectivity index (χ3n) is 4.76. The number of ether oxygens (including phenoxy) is 1. The van der Waals surface area contributed by atoms with Gasteiger partial charge in [0.05, 0.1) is 25.7 Å². The Bertz CT molecular complexity index is 1100. The van der Waals surface area contributed by atoms with Crippen molar-refractivity contribution in [3.05, 3.63) is 89.1 Å². The molecule has 1 atom stereocenters. The molecule has 0 fully saturated rings. The highest BCUT2D eigenvalue weighted by atomic mass is 16.5. The van der Waals surface area contributed by atoms with Crippen molar-refractivity contribution in [2.75, 3.05) is 13.7 Å². The highest BCUT2D eigenvalue weighted by Crippen LogP contribution is 2.13. The second kappa shape index (κ2) is 11.0. The van der Waals surface area contributed by atoms with Crippen LogP contribution in [0, 0.1) is 0 Å². The van der Waals surface area contributed by atoms with Crippen LogP contribution in [0.15, 0.2) is 77.2 Å². The van der Waals surface area contributed by atoms with E-state index in [-0.39, 0.29) is 11.5 Å². The van der Waals surface area contributed by atoms with Gasteiger partial charge in [0.2, 0.25) is 5.43 Å². The van der Waals surface area contributed by atoms with Crippen molar-refractivity contribution < 1.29 is 4.74 Å². The first kappa shape index (κ1) is 22.9. The molecule has 0 bridgehead atoms. The fraction of sp³-hybridized carbons (Fsp3) is 0.292. The van der Waals surface area contributed by atoms with Crippen LogP contribution in [0.4, 0.5) is 0 Å². The molecule has 0 radical (unpaired) electrons. The molecule has 0 amide bonds. The number of hydrogen-bond acceptors (Lipinski definition) is 7. The summed E-state index contributed by atoms with van der Waals surface area (Å²) < 4.78 is 6.82. The normalized spacial score (nSPS) is 16.0. The Morgan fingerprint density at radius 3 is 2.75 bits per heavy atom. The second-order valence-corrected chi connectivity index (χ2v) is 7.39. The molecule has 0 aliphatic carbocycles. The van der Waals surface area contributed by atoms with E-state index in [0.717, 1.165) is 18.5 Å². The summed E-state index contributed by atoms with van der Waals surface area (Å²) >= 11 is 0. The Hall–Kier alpha value is -3.81. The minimum Gasteiger partial charge on any atom is -0.494 e. The third-order valence-corrected chi connectivity index (χ3v) is 4.76. The van der Waals surface area contributed by atoms with Crippen LogP contribution in [0.2, 0.25) is 0 Å². The lowest BCUT2D eigenvalue weighted by molar-refractivity contribution is 0.386. The number of methoxy groups -OCH3 is 1. The molecule has 32 heavy (non-hydrogen) atoms. The smallest absolute Gasteiger partial charge is 0.203 e. The van der Waals surface area contributed by atoms with Gasteiger partial charge in [0.15, 0.2) is 11.6 Å². The lowest BCUT2D eigenvalue weighted by atomic mass is 10.1. The summed E-state index contributed by atoms with van der Waals surface area (Å²) in [5, 5.41) is 10.9. The lowest BCUT2D eigenvalue weighted by Gasteiger charge is -2.21. The summed E-state index contributed by atoms with van der Waals surface area (Å²) in [7, 11) is 1.57. The number of allylic oxidation sites excluding steroid dienone is 6. The molecule has 0 N–H and O–H groups in total. The SMILES string of the molecule is C=C(/C=C\C=C(/C)Cc1nn(C2C=CN(CCC)N=C2)ccc1=O)c1ncc(OC)cn1. The fourth-order valence-corrected chi connectivity index (χ4v) is 3.01. The first-order valence-corrected chi connectivity index (χ1v) is 10.5. The van der Waals surface area contributed by atoms with Gasteiger partial charge in [0, 0.05) is 37.0 Å². The molecule has 8 heteroatoms. The zero-order chi connectivity index (χ0) is 22.9. The van der Waals surface area contributed by atoms with Crippen molar-refractivity contribution in [1.29, 1.82) is 0 Å². The summed E-state index contributed by atoms with van der Waals surface area (Å²) in [4.78, 5) is 20.8. The molecular weight excluding hydrogens is 404 g/mol. The first-order chi connectivity index (χ1) is 15.5. The summed E-state index contributed by atoms with van der Waals surface area (Å²) in [6, 6.07) is 1.44. The molecule has 1 unspecified atom stereocenters. The van der Waals surface area contributed by atoms with Gasteiger partial charge >= 0.3 is 0 Å². The van der Waals surface area contributed by atoms with Crippen molar-refractivity contribution in [3.8, 4) is 5.75 Å². The van der Waals surface area contributed by atoms with Crippen LogP contribution in [-0.2, 0) is 6.42 Å². The van der Waals surface area contributed by atoms with Gasteiger partial charge in [0.1, 0.15) is 11.7 Å². The highest BCUT2D eigenvalue weighted by molar-refractivity contribution is 5.67. The van der Waals surface area contributed by atoms with Gasteiger partial charge in [-0.05, 0) is 19.4 Å². The van der Waals surface area contributed by atoms with Crippen LogP contribution < -0.4 is 10.2 Å². The van der Waals surface area contributed by atoms with Crippen LogP contribution in [-0.4, -0.2) is 44.6 Å². The van der Waals surface area contributed by atoms with Crippen LogP contribution in [0.3, 0.4) is 0 Å². The molecule has 1 aliphatic heterocycles. The quantitative estimate of drug-likeness (QED) is 0.563. The predicted molar refractivity (Wildman–Crippen MR) is 126 cm³/mol. The maximum atomic E-state index is 12.3. The van der Waals surface area contributed by atoms with Crippen LogP contribution in [0.25, 0.3) is 5.57 Å². The van der Waals surface area contributed by atoms with Crippen molar-refractivity contribution in [3.63, 3.8) is 0 Å². The molecule has 0 saturated carbocycles. The molecule has 0 saturated heterocycles. The Labute approximate surface area is 188 Å². The Balaban J connectivity index is 1.65. The second-order valence-electron chi connectivity index (χ2n) is 7.39. The maximum absolute atomic E-state index is 12.3.